The van der Waals surface area contributed by atoms with E-state index in [2.05, 4.69) is 109 Å². The van der Waals surface area contributed by atoms with E-state index in [0.717, 1.165) is 0 Å². The van der Waals surface area contributed by atoms with Crippen molar-refractivity contribution in [3.8, 4) is 0 Å². The molecule has 8 aromatic rings. The van der Waals surface area contributed by atoms with Crippen LogP contribution in [0.3, 0.4) is 0 Å². The van der Waals surface area contributed by atoms with Crippen molar-refractivity contribution >= 4 is 75.4 Å². The summed E-state index contributed by atoms with van der Waals surface area (Å²) in [6.07, 6.45) is 0. The number of fused-ring (bicyclic) bond motifs is 10. The maximum atomic E-state index is 2.41. The average Bonchev–Trinajstić information content (AvgIpc) is 2.87. The van der Waals surface area contributed by atoms with E-state index < -0.39 is 0 Å². The van der Waals surface area contributed by atoms with E-state index >= 15 is 0 Å². The second-order valence-electron chi connectivity index (χ2n) is 8.88. The van der Waals surface area contributed by atoms with Crippen LogP contribution in [-0.4, -0.2) is 0 Å². The van der Waals surface area contributed by atoms with Crippen LogP contribution in [-0.2, 0) is 0 Å². The van der Waals surface area contributed by atoms with E-state index in [1.807, 2.05) is 0 Å². The molecule has 0 aliphatic heterocycles. The monoisotopic (exact) mass is 402 g/mol. The summed E-state index contributed by atoms with van der Waals surface area (Å²) >= 11 is 0. The van der Waals surface area contributed by atoms with Crippen LogP contribution in [0.2, 0.25) is 0 Å². The van der Waals surface area contributed by atoms with Crippen molar-refractivity contribution in [2.75, 3.05) is 0 Å². The van der Waals surface area contributed by atoms with Crippen molar-refractivity contribution in [1.29, 1.82) is 0 Å². The van der Waals surface area contributed by atoms with Gasteiger partial charge in [-0.05, 0) is 87.5 Å². The summed E-state index contributed by atoms with van der Waals surface area (Å²) < 4.78 is 0. The summed E-state index contributed by atoms with van der Waals surface area (Å²) in [7, 11) is 0. The van der Waals surface area contributed by atoms with Gasteiger partial charge in [-0.2, -0.15) is 0 Å². The average molecular weight is 402 g/mol. The first kappa shape index (κ1) is 16.5. The molecule has 0 fully saturated rings. The molecule has 0 saturated carbocycles. The van der Waals surface area contributed by atoms with Gasteiger partial charge in [-0.1, -0.05) is 97.1 Å². The zero-order valence-electron chi connectivity index (χ0n) is 17.4. The lowest BCUT2D eigenvalue weighted by Crippen LogP contribution is -1.92. The quantitative estimate of drug-likeness (QED) is 0.175. The van der Waals surface area contributed by atoms with Crippen molar-refractivity contribution in [3.63, 3.8) is 0 Å². The summed E-state index contributed by atoms with van der Waals surface area (Å²) in [6, 6.07) is 40.4. The number of hydrogen-bond acceptors (Lipinski definition) is 0. The molecule has 146 valence electrons. The second-order valence-corrected chi connectivity index (χ2v) is 8.88. The molecular weight excluding hydrogens is 384 g/mol. The topological polar surface area (TPSA) is 0 Å². The predicted molar refractivity (Wildman–Crippen MR) is 140 cm³/mol. The van der Waals surface area contributed by atoms with E-state index in [1.54, 1.807) is 0 Å². The highest BCUT2D eigenvalue weighted by Gasteiger charge is 2.20. The second kappa shape index (κ2) is 5.75. The highest BCUT2D eigenvalue weighted by molar-refractivity contribution is 6.46. The van der Waals surface area contributed by atoms with E-state index in [0.29, 0.717) is 0 Å². The first-order valence-electron chi connectivity index (χ1n) is 11.2. The number of benzene rings is 8. The molecule has 0 aliphatic rings. The Labute approximate surface area is 184 Å². The molecule has 0 heterocycles. The van der Waals surface area contributed by atoms with Crippen LogP contribution in [0.25, 0.3) is 75.4 Å². The molecule has 0 aromatic heterocycles. The summed E-state index contributed by atoms with van der Waals surface area (Å²) in [4.78, 5) is 0. The summed E-state index contributed by atoms with van der Waals surface area (Å²) in [5.74, 6) is 0. The Hall–Kier alpha value is -4.16. The molecular formula is C32H18. The third kappa shape index (κ3) is 1.89. The highest BCUT2D eigenvalue weighted by Crippen LogP contribution is 2.49. The van der Waals surface area contributed by atoms with Gasteiger partial charge >= 0.3 is 0 Å². The maximum absolute atomic E-state index is 2.41. The molecule has 0 aliphatic carbocycles. The molecule has 0 radical (unpaired) electrons. The Morgan fingerprint density at radius 1 is 0.250 bits per heavy atom. The largest absolute Gasteiger partial charge is 0.0616 e. The molecule has 0 amide bonds. The van der Waals surface area contributed by atoms with Gasteiger partial charge in [0.2, 0.25) is 0 Å². The first-order valence-corrected chi connectivity index (χ1v) is 11.2. The standard InChI is InChI=1S/C32H18/c1-3-11-21-19(9-1)17-27-23-13-5-6-14-24(23)28-18-20-10-2-4-12-22(20)30-26-16-8-7-15-25(26)29(21)31(27)32(28)30/h1-18H. The smallest absolute Gasteiger partial charge is 0.000719 e. The Balaban J connectivity index is 1.91. The molecule has 8 rings (SSSR count). The van der Waals surface area contributed by atoms with Crippen LogP contribution in [0, 0.1) is 0 Å². The highest BCUT2D eigenvalue weighted by atomic mass is 14.2. The fourth-order valence-corrected chi connectivity index (χ4v) is 6.07. The van der Waals surface area contributed by atoms with Gasteiger partial charge in [0.15, 0.2) is 0 Å². The lowest BCUT2D eigenvalue weighted by Gasteiger charge is -2.20. The van der Waals surface area contributed by atoms with E-state index in [1.165, 1.54) is 75.4 Å². The molecule has 0 nitrogen and oxygen atoms in total. The number of rotatable bonds is 0. The molecule has 0 bridgehead atoms. The van der Waals surface area contributed by atoms with E-state index in [9.17, 15) is 0 Å². The lowest BCUT2D eigenvalue weighted by atomic mass is 9.82. The normalized spacial score (nSPS) is 12.4. The Morgan fingerprint density at radius 3 is 1.03 bits per heavy atom. The third-order valence-electron chi connectivity index (χ3n) is 7.32. The van der Waals surface area contributed by atoms with Crippen LogP contribution in [0.15, 0.2) is 109 Å². The van der Waals surface area contributed by atoms with E-state index in [4.69, 9.17) is 0 Å². The third-order valence-corrected chi connectivity index (χ3v) is 7.32. The zero-order valence-corrected chi connectivity index (χ0v) is 17.4. The van der Waals surface area contributed by atoms with Crippen LogP contribution in [0.5, 0.6) is 0 Å². The first-order chi connectivity index (χ1) is 15.9. The SMILES string of the molecule is c1ccc2c(c1)cc1c3ccccc3c3cc4ccccc4c4c5ccccc5c2c1c34. The van der Waals surface area contributed by atoms with Gasteiger partial charge < -0.3 is 0 Å². The minimum Gasteiger partial charge on any atom is -0.0616 e. The number of hydrogen-bond donors (Lipinski definition) is 0. The minimum atomic E-state index is 1.30. The van der Waals surface area contributed by atoms with Crippen LogP contribution in [0.1, 0.15) is 0 Å². The minimum absolute atomic E-state index is 1.30. The van der Waals surface area contributed by atoms with Crippen molar-refractivity contribution < 1.29 is 0 Å². The van der Waals surface area contributed by atoms with Gasteiger partial charge in [-0.25, -0.2) is 0 Å². The molecule has 0 unspecified atom stereocenters. The van der Waals surface area contributed by atoms with Crippen molar-refractivity contribution in [3.05, 3.63) is 109 Å². The zero-order chi connectivity index (χ0) is 20.8. The van der Waals surface area contributed by atoms with Gasteiger partial charge in [-0.15, -0.1) is 0 Å². The lowest BCUT2D eigenvalue weighted by molar-refractivity contribution is 1.79. The van der Waals surface area contributed by atoms with Crippen molar-refractivity contribution in [2.45, 2.75) is 0 Å². The van der Waals surface area contributed by atoms with Gasteiger partial charge in [0, 0.05) is 0 Å². The van der Waals surface area contributed by atoms with Crippen molar-refractivity contribution in [1.82, 2.24) is 0 Å². The predicted octanol–water partition coefficient (Wildman–Crippen LogP) is 9.20. The van der Waals surface area contributed by atoms with Crippen LogP contribution >= 0.6 is 0 Å². The van der Waals surface area contributed by atoms with Gasteiger partial charge in [0.25, 0.3) is 0 Å². The fraction of sp³-hybridized carbons (Fsp3) is 0. The van der Waals surface area contributed by atoms with Crippen LogP contribution < -0.4 is 0 Å². The summed E-state index contributed by atoms with van der Waals surface area (Å²) in [5, 5.41) is 18.9. The maximum Gasteiger partial charge on any atom is -0.000719 e. The van der Waals surface area contributed by atoms with Gasteiger partial charge in [0.05, 0.1) is 0 Å². The molecule has 32 heavy (non-hydrogen) atoms. The molecule has 0 heteroatoms. The Bertz CT molecular complexity index is 1880. The molecule has 0 atom stereocenters. The van der Waals surface area contributed by atoms with Crippen molar-refractivity contribution in [2.24, 2.45) is 0 Å². The van der Waals surface area contributed by atoms with Crippen LogP contribution in [0.4, 0.5) is 0 Å². The van der Waals surface area contributed by atoms with E-state index in [-0.39, 0.29) is 0 Å². The summed E-state index contributed by atoms with van der Waals surface area (Å²) in [5.41, 5.74) is 0. The Kier molecular flexibility index (Phi) is 2.97. The van der Waals surface area contributed by atoms with Gasteiger partial charge in [-0.3, -0.25) is 0 Å². The molecule has 0 N–H and O–H groups in total. The summed E-state index contributed by atoms with van der Waals surface area (Å²) in [6.45, 7) is 0. The molecule has 0 saturated heterocycles. The fourth-order valence-electron chi connectivity index (χ4n) is 6.07. The molecule has 0 spiro atoms. The molecule has 8 aromatic carbocycles. The van der Waals surface area contributed by atoms with Gasteiger partial charge in [0.1, 0.15) is 0 Å². The Morgan fingerprint density at radius 2 is 0.594 bits per heavy atom.